The van der Waals surface area contributed by atoms with Crippen LogP contribution in [0.1, 0.15) is 23.1 Å². The van der Waals surface area contributed by atoms with Gasteiger partial charge in [0.05, 0.1) is 6.61 Å². The van der Waals surface area contributed by atoms with E-state index in [-0.39, 0.29) is 12.5 Å². The third-order valence-corrected chi connectivity index (χ3v) is 3.69. The van der Waals surface area contributed by atoms with Crippen molar-refractivity contribution in [2.45, 2.75) is 19.4 Å². The maximum absolute atomic E-state index is 11.9. The molecule has 0 unspecified atom stereocenters. The Morgan fingerprint density at radius 2 is 1.77 bits per heavy atom. The van der Waals surface area contributed by atoms with Gasteiger partial charge in [-0.25, -0.2) is 0 Å². The molecule has 0 saturated heterocycles. The summed E-state index contributed by atoms with van der Waals surface area (Å²) >= 11 is 0. The van der Waals surface area contributed by atoms with Crippen LogP contribution in [0.3, 0.4) is 0 Å². The van der Waals surface area contributed by atoms with Crippen molar-refractivity contribution in [3.63, 3.8) is 0 Å². The Labute approximate surface area is 130 Å². The van der Waals surface area contributed by atoms with Crippen molar-refractivity contribution in [1.82, 2.24) is 5.32 Å². The van der Waals surface area contributed by atoms with Gasteiger partial charge >= 0.3 is 0 Å². The summed E-state index contributed by atoms with van der Waals surface area (Å²) in [5.41, 5.74) is 4.56. The highest BCUT2D eigenvalue weighted by molar-refractivity contribution is 5.80. The standard InChI is InChI=1S/C19H19NO2/c21-19(14-22-13-15-6-2-1-3-7-15)20-18-11-10-16-8-4-5-9-17(16)12-18/h1-9,12H,10-11,13-14H2,(H,20,21). The van der Waals surface area contributed by atoms with Gasteiger partial charge in [-0.3, -0.25) is 4.79 Å². The summed E-state index contributed by atoms with van der Waals surface area (Å²) < 4.78 is 5.45. The van der Waals surface area contributed by atoms with Crippen LogP contribution in [0, 0.1) is 0 Å². The summed E-state index contributed by atoms with van der Waals surface area (Å²) in [6.45, 7) is 0.532. The van der Waals surface area contributed by atoms with Gasteiger partial charge in [-0.05, 0) is 35.6 Å². The first kappa shape index (κ1) is 14.5. The molecule has 0 aliphatic heterocycles. The third kappa shape index (κ3) is 3.83. The van der Waals surface area contributed by atoms with Gasteiger partial charge in [-0.1, -0.05) is 54.6 Å². The molecule has 0 heterocycles. The maximum Gasteiger partial charge on any atom is 0.250 e. The first-order chi connectivity index (χ1) is 10.8. The molecule has 1 N–H and O–H groups in total. The molecule has 0 fully saturated rings. The van der Waals surface area contributed by atoms with Gasteiger partial charge in [0, 0.05) is 5.70 Å². The monoisotopic (exact) mass is 293 g/mol. The molecule has 0 spiro atoms. The van der Waals surface area contributed by atoms with E-state index < -0.39 is 0 Å². The Balaban J connectivity index is 1.49. The minimum absolute atomic E-state index is 0.0773. The van der Waals surface area contributed by atoms with Gasteiger partial charge in [-0.2, -0.15) is 0 Å². The molecular weight excluding hydrogens is 274 g/mol. The van der Waals surface area contributed by atoms with E-state index in [4.69, 9.17) is 4.74 Å². The van der Waals surface area contributed by atoms with Gasteiger partial charge in [0.1, 0.15) is 6.61 Å². The molecule has 3 nitrogen and oxygen atoms in total. The lowest BCUT2D eigenvalue weighted by Gasteiger charge is -2.17. The van der Waals surface area contributed by atoms with E-state index in [0.717, 1.165) is 24.1 Å². The molecule has 112 valence electrons. The van der Waals surface area contributed by atoms with Crippen LogP contribution in [0.2, 0.25) is 0 Å². The van der Waals surface area contributed by atoms with E-state index in [1.165, 1.54) is 11.1 Å². The summed E-state index contributed by atoms with van der Waals surface area (Å²) in [4.78, 5) is 11.9. The van der Waals surface area contributed by atoms with Gasteiger partial charge in [0.15, 0.2) is 0 Å². The second-order valence-electron chi connectivity index (χ2n) is 5.39. The number of hydrogen-bond donors (Lipinski definition) is 1. The van der Waals surface area contributed by atoms with Crippen LogP contribution in [0.25, 0.3) is 6.08 Å². The first-order valence-corrected chi connectivity index (χ1v) is 7.51. The quantitative estimate of drug-likeness (QED) is 0.918. The van der Waals surface area contributed by atoms with E-state index >= 15 is 0 Å². The topological polar surface area (TPSA) is 38.3 Å². The maximum atomic E-state index is 11.9. The van der Waals surface area contributed by atoms with Crippen LogP contribution in [-0.2, 0) is 22.6 Å². The molecule has 1 aliphatic carbocycles. The molecule has 2 aromatic rings. The zero-order chi connectivity index (χ0) is 15.2. The number of amides is 1. The van der Waals surface area contributed by atoms with E-state index in [1.54, 1.807) is 0 Å². The summed E-state index contributed by atoms with van der Waals surface area (Å²) in [6.07, 6.45) is 3.88. The molecule has 22 heavy (non-hydrogen) atoms. The van der Waals surface area contributed by atoms with E-state index in [0.29, 0.717) is 6.61 Å². The van der Waals surface area contributed by atoms with Crippen LogP contribution in [0.5, 0.6) is 0 Å². The molecule has 0 radical (unpaired) electrons. The number of hydrogen-bond acceptors (Lipinski definition) is 2. The predicted octanol–water partition coefficient (Wildman–Crippen LogP) is 3.31. The zero-order valence-corrected chi connectivity index (χ0v) is 12.4. The van der Waals surface area contributed by atoms with Crippen LogP contribution < -0.4 is 5.32 Å². The normalized spacial score (nSPS) is 13.2. The molecule has 3 rings (SSSR count). The smallest absolute Gasteiger partial charge is 0.250 e. The van der Waals surface area contributed by atoms with Crippen molar-refractivity contribution >= 4 is 12.0 Å². The van der Waals surface area contributed by atoms with Crippen LogP contribution in [0.4, 0.5) is 0 Å². The fraction of sp³-hybridized carbons (Fsp3) is 0.211. The molecule has 0 atom stereocenters. The fourth-order valence-corrected chi connectivity index (χ4v) is 2.58. The number of carbonyl (C=O) groups excluding carboxylic acids is 1. The van der Waals surface area contributed by atoms with Crippen molar-refractivity contribution in [3.8, 4) is 0 Å². The molecule has 1 amide bonds. The lowest BCUT2D eigenvalue weighted by atomic mass is 9.95. The summed E-state index contributed by atoms with van der Waals surface area (Å²) in [5, 5.41) is 2.94. The highest BCUT2D eigenvalue weighted by Crippen LogP contribution is 2.21. The Kier molecular flexibility index (Phi) is 4.66. The van der Waals surface area contributed by atoms with Crippen molar-refractivity contribution in [3.05, 3.63) is 77.0 Å². The molecule has 0 saturated carbocycles. The molecule has 0 bridgehead atoms. The second-order valence-corrected chi connectivity index (χ2v) is 5.39. The second kappa shape index (κ2) is 7.05. The molecule has 3 heteroatoms. The number of rotatable bonds is 5. The van der Waals surface area contributed by atoms with Crippen molar-refractivity contribution in [2.24, 2.45) is 0 Å². The van der Waals surface area contributed by atoms with E-state index in [9.17, 15) is 4.79 Å². The average Bonchev–Trinajstić information content (AvgIpc) is 2.56. The Morgan fingerprint density at radius 3 is 2.64 bits per heavy atom. The van der Waals surface area contributed by atoms with Crippen LogP contribution >= 0.6 is 0 Å². The zero-order valence-electron chi connectivity index (χ0n) is 12.4. The van der Waals surface area contributed by atoms with E-state index in [2.05, 4.69) is 17.4 Å². The van der Waals surface area contributed by atoms with Crippen molar-refractivity contribution < 1.29 is 9.53 Å². The highest BCUT2D eigenvalue weighted by Gasteiger charge is 2.12. The fourth-order valence-electron chi connectivity index (χ4n) is 2.58. The van der Waals surface area contributed by atoms with E-state index in [1.807, 2.05) is 48.5 Å². The van der Waals surface area contributed by atoms with Crippen molar-refractivity contribution in [1.29, 1.82) is 0 Å². The number of ether oxygens (including phenoxy) is 1. The Morgan fingerprint density at radius 1 is 1.00 bits per heavy atom. The minimum atomic E-state index is -0.0958. The summed E-state index contributed by atoms with van der Waals surface area (Å²) in [6, 6.07) is 18.1. The first-order valence-electron chi connectivity index (χ1n) is 7.51. The summed E-state index contributed by atoms with van der Waals surface area (Å²) in [7, 11) is 0. The summed E-state index contributed by atoms with van der Waals surface area (Å²) in [5.74, 6) is -0.0958. The Hall–Kier alpha value is -2.39. The number of benzene rings is 2. The minimum Gasteiger partial charge on any atom is -0.367 e. The number of nitrogens with one attached hydrogen (secondary N) is 1. The number of fused-ring (bicyclic) bond motifs is 1. The van der Waals surface area contributed by atoms with Crippen LogP contribution in [-0.4, -0.2) is 12.5 Å². The third-order valence-electron chi connectivity index (χ3n) is 3.69. The SMILES string of the molecule is O=C(COCc1ccccc1)NC1=Cc2ccccc2CC1. The number of allylic oxidation sites excluding steroid dienone is 1. The molecular formula is C19H19NO2. The van der Waals surface area contributed by atoms with Gasteiger partial charge in [-0.15, -0.1) is 0 Å². The lowest BCUT2D eigenvalue weighted by molar-refractivity contribution is -0.125. The number of carbonyl (C=O) groups is 1. The molecule has 0 aromatic heterocycles. The largest absolute Gasteiger partial charge is 0.367 e. The van der Waals surface area contributed by atoms with Crippen molar-refractivity contribution in [2.75, 3.05) is 6.61 Å². The van der Waals surface area contributed by atoms with Gasteiger partial charge in [0.25, 0.3) is 0 Å². The Bertz CT molecular complexity index is 677. The molecule has 1 aliphatic rings. The number of aryl methyl sites for hydroxylation is 1. The van der Waals surface area contributed by atoms with Crippen LogP contribution in [0.15, 0.2) is 60.3 Å². The van der Waals surface area contributed by atoms with Gasteiger partial charge in [0.2, 0.25) is 5.91 Å². The molecule has 2 aromatic carbocycles. The van der Waals surface area contributed by atoms with Gasteiger partial charge < -0.3 is 10.1 Å². The lowest BCUT2D eigenvalue weighted by Crippen LogP contribution is -2.28. The average molecular weight is 293 g/mol. The predicted molar refractivity (Wildman–Crippen MR) is 87.0 cm³/mol. The highest BCUT2D eigenvalue weighted by atomic mass is 16.5.